The summed E-state index contributed by atoms with van der Waals surface area (Å²) in [5.74, 6) is 0.430. The van der Waals surface area contributed by atoms with Gasteiger partial charge in [0, 0.05) is 20.5 Å². The topological polar surface area (TPSA) is 68.5 Å². The molecule has 0 spiro atoms. The molecular formula is C24H19NO4S2. The van der Waals surface area contributed by atoms with Crippen molar-refractivity contribution in [3.8, 4) is 16.2 Å². The lowest BCUT2D eigenvalue weighted by Gasteiger charge is -2.13. The first-order valence-corrected chi connectivity index (χ1v) is 11.9. The van der Waals surface area contributed by atoms with Crippen molar-refractivity contribution in [3.63, 3.8) is 0 Å². The molecule has 0 fully saturated rings. The van der Waals surface area contributed by atoms with Crippen molar-refractivity contribution < 1.29 is 18.3 Å². The fraction of sp³-hybridized carbons (Fsp3) is 0.0833. The molecule has 3 aromatic carbocycles. The Labute approximate surface area is 183 Å². The third kappa shape index (κ3) is 3.05. The Kier molecular flexibility index (Phi) is 4.81. The molecule has 0 radical (unpaired) electrons. The number of thiophene rings is 1. The van der Waals surface area contributed by atoms with Gasteiger partial charge in [0.25, 0.3) is 10.0 Å². The molecule has 0 saturated carbocycles. The first kappa shape index (κ1) is 19.8. The van der Waals surface area contributed by atoms with Crippen molar-refractivity contribution in [2.45, 2.75) is 11.5 Å². The maximum Gasteiger partial charge on any atom is 0.268 e. The highest BCUT2D eigenvalue weighted by molar-refractivity contribution is 7.90. The molecule has 0 aliphatic carbocycles. The molecule has 0 unspecified atom stereocenters. The highest BCUT2D eigenvalue weighted by Gasteiger charge is 2.29. The van der Waals surface area contributed by atoms with Crippen molar-refractivity contribution in [1.82, 2.24) is 3.97 Å². The van der Waals surface area contributed by atoms with Crippen molar-refractivity contribution in [1.29, 1.82) is 0 Å². The molecular weight excluding hydrogens is 430 g/mol. The minimum Gasteiger partial charge on any atom is -0.495 e. The number of aromatic nitrogens is 1. The van der Waals surface area contributed by atoms with Crippen LogP contribution in [0.15, 0.2) is 83.8 Å². The van der Waals surface area contributed by atoms with Crippen LogP contribution < -0.4 is 4.74 Å². The van der Waals surface area contributed by atoms with E-state index in [4.69, 9.17) is 4.74 Å². The van der Waals surface area contributed by atoms with E-state index < -0.39 is 16.6 Å². The molecule has 7 heteroatoms. The Morgan fingerprint density at radius 1 is 0.968 bits per heavy atom. The van der Waals surface area contributed by atoms with Crippen LogP contribution in [0, 0.1) is 0 Å². The molecule has 0 aliphatic heterocycles. The number of ether oxygens (including phenoxy) is 1. The number of fused-ring (bicyclic) bond motifs is 2. The molecule has 5 rings (SSSR count). The van der Waals surface area contributed by atoms with E-state index in [9.17, 15) is 13.5 Å². The number of benzene rings is 3. The predicted octanol–water partition coefficient (Wildman–Crippen LogP) is 5.26. The molecule has 2 heterocycles. The third-order valence-electron chi connectivity index (χ3n) is 5.33. The molecule has 0 saturated heterocycles. The quantitative estimate of drug-likeness (QED) is 0.397. The lowest BCUT2D eigenvalue weighted by Crippen LogP contribution is -2.16. The number of aliphatic hydroxyl groups is 1. The summed E-state index contributed by atoms with van der Waals surface area (Å²) >= 11 is 1.57. The summed E-state index contributed by atoms with van der Waals surface area (Å²) < 4.78 is 35.3. The van der Waals surface area contributed by atoms with E-state index in [1.807, 2.05) is 42.5 Å². The van der Waals surface area contributed by atoms with Crippen LogP contribution in [0.5, 0.6) is 5.75 Å². The van der Waals surface area contributed by atoms with Crippen LogP contribution in [0.4, 0.5) is 0 Å². The molecule has 5 aromatic rings. The van der Waals surface area contributed by atoms with Crippen LogP contribution in [-0.2, 0) is 16.6 Å². The minimum atomic E-state index is -3.98. The van der Waals surface area contributed by atoms with Gasteiger partial charge in [-0.1, -0.05) is 48.5 Å². The van der Waals surface area contributed by atoms with Crippen molar-refractivity contribution in [2.75, 3.05) is 7.11 Å². The van der Waals surface area contributed by atoms with Crippen LogP contribution in [0.2, 0.25) is 0 Å². The Morgan fingerprint density at radius 2 is 1.71 bits per heavy atom. The van der Waals surface area contributed by atoms with Crippen LogP contribution in [0.1, 0.15) is 5.69 Å². The standard InChI is InChI=1S/C24H19NO4S2/c1-29-20-12-7-11-18-23(22-14-16-8-5-6-13-21(16)30-22)19(15-26)25(24(18)20)31(27,28)17-9-3-2-4-10-17/h2-14,26H,15H2,1H3. The molecule has 31 heavy (non-hydrogen) atoms. The van der Waals surface area contributed by atoms with Gasteiger partial charge >= 0.3 is 0 Å². The van der Waals surface area contributed by atoms with Crippen LogP contribution in [0.3, 0.4) is 0 Å². The maximum atomic E-state index is 13.7. The summed E-state index contributed by atoms with van der Waals surface area (Å²) in [7, 11) is -2.46. The minimum absolute atomic E-state index is 0.149. The number of hydrogen-bond donors (Lipinski definition) is 1. The monoisotopic (exact) mass is 449 g/mol. The number of rotatable bonds is 5. The smallest absolute Gasteiger partial charge is 0.268 e. The summed E-state index contributed by atoms with van der Waals surface area (Å²) in [4.78, 5) is 1.04. The summed E-state index contributed by atoms with van der Waals surface area (Å²) in [6.07, 6.45) is 0. The second kappa shape index (κ2) is 7.53. The summed E-state index contributed by atoms with van der Waals surface area (Å²) in [6.45, 7) is -0.437. The molecule has 5 nitrogen and oxygen atoms in total. The lowest BCUT2D eigenvalue weighted by atomic mass is 10.1. The second-order valence-electron chi connectivity index (χ2n) is 7.07. The van der Waals surface area contributed by atoms with E-state index in [-0.39, 0.29) is 4.90 Å². The number of aliphatic hydroxyl groups excluding tert-OH is 1. The van der Waals surface area contributed by atoms with Gasteiger partial charge in [-0.05, 0) is 35.7 Å². The van der Waals surface area contributed by atoms with Crippen LogP contribution in [-0.4, -0.2) is 24.6 Å². The Balaban J connectivity index is 1.92. The zero-order valence-electron chi connectivity index (χ0n) is 16.6. The number of nitrogens with zero attached hydrogens (tertiary/aromatic N) is 1. The van der Waals surface area contributed by atoms with Crippen molar-refractivity contribution in [2.24, 2.45) is 0 Å². The van der Waals surface area contributed by atoms with E-state index in [1.54, 1.807) is 47.7 Å². The molecule has 0 atom stereocenters. The highest BCUT2D eigenvalue weighted by Crippen LogP contribution is 2.44. The Hall–Kier alpha value is -3.13. The van der Waals surface area contributed by atoms with E-state index in [1.165, 1.54) is 11.1 Å². The van der Waals surface area contributed by atoms with Gasteiger partial charge in [0.2, 0.25) is 0 Å². The average molecular weight is 450 g/mol. The number of methoxy groups -OCH3 is 1. The van der Waals surface area contributed by atoms with Gasteiger partial charge in [0.15, 0.2) is 0 Å². The van der Waals surface area contributed by atoms with Gasteiger partial charge in [0.1, 0.15) is 11.3 Å². The van der Waals surface area contributed by atoms with Gasteiger partial charge in [-0.15, -0.1) is 11.3 Å². The van der Waals surface area contributed by atoms with E-state index in [0.29, 0.717) is 22.5 Å². The lowest BCUT2D eigenvalue weighted by molar-refractivity contribution is 0.276. The maximum absolute atomic E-state index is 13.7. The summed E-state index contributed by atoms with van der Waals surface area (Å²) in [5.41, 5.74) is 1.44. The zero-order valence-corrected chi connectivity index (χ0v) is 18.3. The normalized spacial score (nSPS) is 11.9. The molecule has 0 bridgehead atoms. The van der Waals surface area contributed by atoms with E-state index in [0.717, 1.165) is 20.3 Å². The van der Waals surface area contributed by atoms with Gasteiger partial charge in [-0.3, -0.25) is 0 Å². The average Bonchev–Trinajstić information content (AvgIpc) is 3.38. The van der Waals surface area contributed by atoms with E-state index in [2.05, 4.69) is 0 Å². The Bertz CT molecular complexity index is 1480. The largest absolute Gasteiger partial charge is 0.495 e. The molecule has 0 amide bonds. The summed E-state index contributed by atoms with van der Waals surface area (Å²) in [5, 5.41) is 12.2. The highest BCUT2D eigenvalue weighted by atomic mass is 32.2. The third-order valence-corrected chi connectivity index (χ3v) is 8.21. The van der Waals surface area contributed by atoms with E-state index >= 15 is 0 Å². The van der Waals surface area contributed by atoms with Crippen LogP contribution in [0.25, 0.3) is 31.4 Å². The Morgan fingerprint density at radius 3 is 2.42 bits per heavy atom. The molecule has 2 aromatic heterocycles. The SMILES string of the molecule is COc1cccc2c(-c3cc4ccccc4s3)c(CO)n(S(=O)(=O)c3ccccc3)c12. The van der Waals surface area contributed by atoms with Gasteiger partial charge in [-0.2, -0.15) is 0 Å². The zero-order chi connectivity index (χ0) is 21.6. The first-order valence-electron chi connectivity index (χ1n) is 9.67. The number of para-hydroxylation sites is 1. The van der Waals surface area contributed by atoms with Gasteiger partial charge in [0.05, 0.1) is 24.3 Å². The van der Waals surface area contributed by atoms with Gasteiger partial charge < -0.3 is 9.84 Å². The van der Waals surface area contributed by atoms with Gasteiger partial charge in [-0.25, -0.2) is 12.4 Å². The first-order chi connectivity index (χ1) is 15.1. The second-order valence-corrected chi connectivity index (χ2v) is 9.94. The molecule has 156 valence electrons. The molecule has 0 aliphatic rings. The number of hydrogen-bond acceptors (Lipinski definition) is 5. The van der Waals surface area contributed by atoms with Crippen LogP contribution >= 0.6 is 11.3 Å². The predicted molar refractivity (Wildman–Crippen MR) is 124 cm³/mol. The fourth-order valence-electron chi connectivity index (χ4n) is 3.98. The van der Waals surface area contributed by atoms with Crippen molar-refractivity contribution in [3.05, 3.63) is 84.6 Å². The molecule has 1 N–H and O–H groups in total. The van der Waals surface area contributed by atoms with Crippen molar-refractivity contribution >= 4 is 42.3 Å². The fourth-order valence-corrected chi connectivity index (χ4v) is 6.70. The summed E-state index contributed by atoms with van der Waals surface area (Å²) in [6, 6.07) is 23.7.